The number of amides is 1. The Morgan fingerprint density at radius 1 is 1.55 bits per heavy atom. The average Bonchev–Trinajstić information content (AvgIpc) is 3.06. The number of esters is 1. The van der Waals surface area contributed by atoms with Gasteiger partial charge in [-0.3, -0.25) is 4.79 Å². The monoisotopic (exact) mass is 312 g/mol. The number of hydrogen-bond donors (Lipinski definition) is 2. The van der Waals surface area contributed by atoms with Crippen LogP contribution in [0.1, 0.15) is 28.3 Å². The summed E-state index contributed by atoms with van der Waals surface area (Å²) in [5.74, 6) is -0.965. The van der Waals surface area contributed by atoms with Crippen LogP contribution in [0.15, 0.2) is 29.8 Å². The standard InChI is InChI=1S/C13H13ClN2O3S/c1-8(11-3-2-4-20-11)16-12(17)7-19-13(18)10-5-9(14)6-15-10/h2-6,8,15H,7H2,1H3,(H,16,17). The molecule has 1 amide bonds. The minimum Gasteiger partial charge on any atom is -0.451 e. The van der Waals surface area contributed by atoms with E-state index in [1.54, 1.807) is 11.3 Å². The first-order valence-electron chi connectivity index (χ1n) is 5.90. The largest absolute Gasteiger partial charge is 0.451 e. The van der Waals surface area contributed by atoms with E-state index < -0.39 is 5.97 Å². The van der Waals surface area contributed by atoms with Crippen molar-refractivity contribution >= 4 is 34.8 Å². The van der Waals surface area contributed by atoms with Crippen molar-refractivity contribution in [1.29, 1.82) is 0 Å². The van der Waals surface area contributed by atoms with Crippen molar-refractivity contribution in [1.82, 2.24) is 10.3 Å². The molecule has 2 aromatic heterocycles. The zero-order valence-electron chi connectivity index (χ0n) is 10.7. The number of aromatic nitrogens is 1. The second kappa shape index (κ2) is 6.58. The third kappa shape index (κ3) is 3.85. The third-order valence-corrected chi connectivity index (χ3v) is 3.82. The molecular weight excluding hydrogens is 300 g/mol. The molecule has 0 saturated heterocycles. The number of halogens is 1. The number of thiophene rings is 1. The first-order valence-corrected chi connectivity index (χ1v) is 7.16. The molecule has 5 nitrogen and oxygen atoms in total. The van der Waals surface area contributed by atoms with Gasteiger partial charge >= 0.3 is 5.97 Å². The number of ether oxygens (including phenoxy) is 1. The van der Waals surface area contributed by atoms with Crippen LogP contribution >= 0.6 is 22.9 Å². The van der Waals surface area contributed by atoms with Crippen molar-refractivity contribution in [2.75, 3.05) is 6.61 Å². The van der Waals surface area contributed by atoms with Crippen LogP contribution in [0, 0.1) is 0 Å². The maximum Gasteiger partial charge on any atom is 0.355 e. The van der Waals surface area contributed by atoms with Crippen LogP contribution in [0.25, 0.3) is 0 Å². The molecule has 2 heterocycles. The second-order valence-corrected chi connectivity index (χ2v) is 5.53. The molecule has 0 aliphatic heterocycles. The highest BCUT2D eigenvalue weighted by Gasteiger charge is 2.14. The van der Waals surface area contributed by atoms with Gasteiger partial charge in [-0.05, 0) is 24.4 Å². The Balaban J connectivity index is 1.79. The number of nitrogens with one attached hydrogen (secondary N) is 2. The molecule has 0 fully saturated rings. The Hall–Kier alpha value is -1.79. The van der Waals surface area contributed by atoms with Crippen LogP contribution in [0.3, 0.4) is 0 Å². The van der Waals surface area contributed by atoms with Gasteiger partial charge in [0.1, 0.15) is 5.69 Å². The first-order chi connectivity index (χ1) is 9.56. The van der Waals surface area contributed by atoms with Gasteiger partial charge in [-0.15, -0.1) is 11.3 Å². The molecule has 0 saturated carbocycles. The maximum absolute atomic E-state index is 11.7. The van der Waals surface area contributed by atoms with E-state index in [0.29, 0.717) is 5.02 Å². The van der Waals surface area contributed by atoms with E-state index in [4.69, 9.17) is 16.3 Å². The van der Waals surface area contributed by atoms with E-state index in [-0.39, 0.29) is 24.2 Å². The van der Waals surface area contributed by atoms with Gasteiger partial charge in [-0.25, -0.2) is 4.79 Å². The molecule has 1 atom stereocenters. The Morgan fingerprint density at radius 2 is 2.35 bits per heavy atom. The summed E-state index contributed by atoms with van der Waals surface area (Å²) in [4.78, 5) is 27.0. The summed E-state index contributed by atoms with van der Waals surface area (Å²) < 4.78 is 4.88. The fourth-order valence-electron chi connectivity index (χ4n) is 1.59. The third-order valence-electron chi connectivity index (χ3n) is 2.55. The zero-order valence-corrected chi connectivity index (χ0v) is 12.3. The Kier molecular flexibility index (Phi) is 4.81. The van der Waals surface area contributed by atoms with Gasteiger partial charge in [0.25, 0.3) is 5.91 Å². The van der Waals surface area contributed by atoms with E-state index in [2.05, 4.69) is 10.3 Å². The van der Waals surface area contributed by atoms with Gasteiger partial charge in [0.15, 0.2) is 6.61 Å². The van der Waals surface area contributed by atoms with Crippen molar-refractivity contribution in [2.24, 2.45) is 0 Å². The molecule has 2 aromatic rings. The molecule has 7 heteroatoms. The summed E-state index contributed by atoms with van der Waals surface area (Å²) in [5, 5.41) is 5.10. The fraction of sp³-hybridized carbons (Fsp3) is 0.231. The zero-order chi connectivity index (χ0) is 14.5. The summed E-state index contributed by atoms with van der Waals surface area (Å²) in [6, 6.07) is 5.18. The van der Waals surface area contributed by atoms with Crippen molar-refractivity contribution in [3.05, 3.63) is 45.4 Å². The lowest BCUT2D eigenvalue weighted by atomic mass is 10.3. The second-order valence-electron chi connectivity index (χ2n) is 4.11. The van der Waals surface area contributed by atoms with Gasteiger partial charge in [0.05, 0.1) is 11.1 Å². The minimum absolute atomic E-state index is 0.110. The molecule has 0 aromatic carbocycles. The van der Waals surface area contributed by atoms with Crippen LogP contribution in [-0.4, -0.2) is 23.5 Å². The van der Waals surface area contributed by atoms with Crippen LogP contribution < -0.4 is 5.32 Å². The van der Waals surface area contributed by atoms with Crippen LogP contribution in [-0.2, 0) is 9.53 Å². The van der Waals surface area contributed by atoms with E-state index in [1.807, 2.05) is 24.4 Å². The predicted octanol–water partition coefficient (Wildman–Crippen LogP) is 2.76. The van der Waals surface area contributed by atoms with Gasteiger partial charge in [0, 0.05) is 11.1 Å². The quantitative estimate of drug-likeness (QED) is 0.834. The molecular formula is C13H13ClN2O3S. The lowest BCUT2D eigenvalue weighted by Gasteiger charge is -2.12. The number of rotatable bonds is 5. The lowest BCUT2D eigenvalue weighted by molar-refractivity contribution is -0.124. The minimum atomic E-state index is -0.615. The Bertz CT molecular complexity index is 595. The lowest BCUT2D eigenvalue weighted by Crippen LogP contribution is -2.30. The number of hydrogen-bond acceptors (Lipinski definition) is 4. The molecule has 0 radical (unpaired) electrons. The Labute approximate surface area is 124 Å². The summed E-state index contributed by atoms with van der Waals surface area (Å²) >= 11 is 7.23. The maximum atomic E-state index is 11.7. The average molecular weight is 313 g/mol. The highest BCUT2D eigenvalue weighted by molar-refractivity contribution is 7.10. The summed E-state index contributed by atoms with van der Waals surface area (Å²) in [5.41, 5.74) is 0.217. The molecule has 0 aliphatic rings. The molecule has 1 unspecified atom stereocenters. The molecule has 0 aliphatic carbocycles. The van der Waals surface area contributed by atoms with Crippen LogP contribution in [0.2, 0.25) is 5.02 Å². The molecule has 2 N–H and O–H groups in total. The van der Waals surface area contributed by atoms with Gasteiger partial charge < -0.3 is 15.0 Å². The van der Waals surface area contributed by atoms with Gasteiger partial charge in [-0.1, -0.05) is 17.7 Å². The van der Waals surface area contributed by atoms with Crippen LogP contribution in [0.5, 0.6) is 0 Å². The van der Waals surface area contributed by atoms with Crippen molar-refractivity contribution in [3.8, 4) is 0 Å². The van der Waals surface area contributed by atoms with E-state index in [0.717, 1.165) is 4.88 Å². The fourth-order valence-corrected chi connectivity index (χ4v) is 2.48. The predicted molar refractivity (Wildman–Crippen MR) is 77.0 cm³/mol. The molecule has 20 heavy (non-hydrogen) atoms. The molecule has 0 spiro atoms. The topological polar surface area (TPSA) is 71.2 Å². The number of aromatic amines is 1. The van der Waals surface area contributed by atoms with Gasteiger partial charge in [-0.2, -0.15) is 0 Å². The number of carbonyl (C=O) groups is 2. The number of H-pyrrole nitrogens is 1. The van der Waals surface area contributed by atoms with E-state index in [1.165, 1.54) is 12.3 Å². The Morgan fingerprint density at radius 3 is 2.95 bits per heavy atom. The van der Waals surface area contributed by atoms with E-state index >= 15 is 0 Å². The normalized spacial score (nSPS) is 11.9. The highest BCUT2D eigenvalue weighted by atomic mass is 35.5. The van der Waals surface area contributed by atoms with Gasteiger partial charge in [0.2, 0.25) is 0 Å². The van der Waals surface area contributed by atoms with E-state index in [9.17, 15) is 9.59 Å². The summed E-state index contributed by atoms with van der Waals surface area (Å²) in [6.45, 7) is 1.54. The molecule has 106 valence electrons. The van der Waals surface area contributed by atoms with Crippen molar-refractivity contribution in [2.45, 2.75) is 13.0 Å². The summed E-state index contributed by atoms with van der Waals surface area (Å²) in [6.07, 6.45) is 1.47. The molecule has 2 rings (SSSR count). The first kappa shape index (κ1) is 14.6. The number of carbonyl (C=O) groups excluding carboxylic acids is 2. The van der Waals surface area contributed by atoms with Crippen molar-refractivity contribution < 1.29 is 14.3 Å². The summed E-state index contributed by atoms with van der Waals surface area (Å²) in [7, 11) is 0. The molecule has 0 bridgehead atoms. The highest BCUT2D eigenvalue weighted by Crippen LogP contribution is 2.17. The SMILES string of the molecule is CC(NC(=O)COC(=O)c1cc(Cl)c[nH]1)c1cccs1. The smallest absolute Gasteiger partial charge is 0.355 e. The van der Waals surface area contributed by atoms with Crippen molar-refractivity contribution in [3.63, 3.8) is 0 Å². The van der Waals surface area contributed by atoms with Crippen LogP contribution in [0.4, 0.5) is 0 Å².